The molecule has 0 N–H and O–H groups in total. The van der Waals surface area contributed by atoms with Gasteiger partial charge in [-0.15, -0.1) is 24.0 Å². The molecule has 0 aliphatic carbocycles. The van der Waals surface area contributed by atoms with Gasteiger partial charge in [-0.05, 0) is 12.2 Å². The largest absolute Gasteiger partial charge is 0.348 e. The van der Waals surface area contributed by atoms with Crippen LogP contribution in [0.2, 0.25) is 0 Å². The van der Waals surface area contributed by atoms with Gasteiger partial charge in [-0.25, -0.2) is 4.39 Å². The summed E-state index contributed by atoms with van der Waals surface area (Å²) in [6, 6.07) is 0. The summed E-state index contributed by atoms with van der Waals surface area (Å²) in [7, 11) is 1.70. The lowest BCUT2D eigenvalue weighted by Crippen LogP contribution is -2.21. The molecule has 0 aromatic heterocycles. The number of halogens is 2. The van der Waals surface area contributed by atoms with Crippen molar-refractivity contribution in [2.45, 2.75) is 6.30 Å². The standard InChI is InChI=1S/C6H8FN.HI/c1-8-5-3-2-4-6(8)7;/h2-6H,1H3;1H. The maximum Gasteiger partial charge on any atom is 0.191 e. The summed E-state index contributed by atoms with van der Waals surface area (Å²) in [6.45, 7) is 0. The fourth-order valence-corrected chi connectivity index (χ4v) is 0.559. The van der Waals surface area contributed by atoms with E-state index in [0.717, 1.165) is 0 Å². The van der Waals surface area contributed by atoms with Crippen LogP contribution in [0.15, 0.2) is 24.4 Å². The van der Waals surface area contributed by atoms with Crippen molar-refractivity contribution in [2.75, 3.05) is 7.05 Å². The van der Waals surface area contributed by atoms with Gasteiger partial charge < -0.3 is 4.90 Å². The number of rotatable bonds is 0. The molecule has 0 radical (unpaired) electrons. The Balaban J connectivity index is 0.000000640. The molecule has 1 aliphatic heterocycles. The van der Waals surface area contributed by atoms with Crippen LogP contribution in [0.3, 0.4) is 0 Å². The predicted octanol–water partition coefficient (Wildman–Crippen LogP) is 1.92. The van der Waals surface area contributed by atoms with E-state index in [1.54, 1.807) is 25.4 Å². The van der Waals surface area contributed by atoms with Crippen molar-refractivity contribution in [3.05, 3.63) is 24.4 Å². The first-order valence-electron chi connectivity index (χ1n) is 2.52. The van der Waals surface area contributed by atoms with E-state index >= 15 is 0 Å². The van der Waals surface area contributed by atoms with E-state index in [-0.39, 0.29) is 24.0 Å². The van der Waals surface area contributed by atoms with Gasteiger partial charge >= 0.3 is 0 Å². The number of hydrogen-bond acceptors (Lipinski definition) is 1. The van der Waals surface area contributed by atoms with E-state index < -0.39 is 6.30 Å². The highest BCUT2D eigenvalue weighted by molar-refractivity contribution is 14.0. The molecule has 1 atom stereocenters. The first-order valence-corrected chi connectivity index (χ1v) is 2.52. The van der Waals surface area contributed by atoms with E-state index in [0.29, 0.717) is 0 Å². The molecule has 1 nitrogen and oxygen atoms in total. The second kappa shape index (κ2) is 3.87. The van der Waals surface area contributed by atoms with Gasteiger partial charge in [0.1, 0.15) is 0 Å². The Hall–Kier alpha value is -0.0600. The molecule has 1 heterocycles. The van der Waals surface area contributed by atoms with Gasteiger partial charge in [-0.3, -0.25) is 0 Å². The molecule has 0 spiro atoms. The van der Waals surface area contributed by atoms with Crippen molar-refractivity contribution in [3.8, 4) is 0 Å². The Bertz CT molecular complexity index is 117. The summed E-state index contributed by atoms with van der Waals surface area (Å²) in [5.74, 6) is 0. The summed E-state index contributed by atoms with van der Waals surface area (Å²) < 4.78 is 12.4. The molecule has 1 rings (SSSR count). The maximum absolute atomic E-state index is 12.4. The fourth-order valence-electron chi connectivity index (χ4n) is 0.559. The first-order chi connectivity index (χ1) is 3.80. The van der Waals surface area contributed by atoms with E-state index in [2.05, 4.69) is 0 Å². The summed E-state index contributed by atoms with van der Waals surface area (Å²) >= 11 is 0. The molecular weight excluding hydrogens is 232 g/mol. The third kappa shape index (κ3) is 2.34. The number of hydrogen-bond donors (Lipinski definition) is 0. The van der Waals surface area contributed by atoms with Gasteiger partial charge in [0.2, 0.25) is 0 Å². The van der Waals surface area contributed by atoms with Gasteiger partial charge in [-0.1, -0.05) is 6.08 Å². The molecule has 0 aromatic rings. The summed E-state index contributed by atoms with van der Waals surface area (Å²) in [5, 5.41) is 0. The zero-order valence-corrected chi connectivity index (χ0v) is 7.45. The summed E-state index contributed by atoms with van der Waals surface area (Å²) in [5.41, 5.74) is 0. The Labute approximate surface area is 71.2 Å². The minimum absolute atomic E-state index is 0. The van der Waals surface area contributed by atoms with Crippen molar-refractivity contribution < 1.29 is 4.39 Å². The molecule has 1 unspecified atom stereocenters. The van der Waals surface area contributed by atoms with Gasteiger partial charge in [0.25, 0.3) is 0 Å². The molecule has 9 heavy (non-hydrogen) atoms. The molecule has 3 heteroatoms. The first kappa shape index (κ1) is 8.94. The van der Waals surface area contributed by atoms with Crippen LogP contribution in [0.1, 0.15) is 0 Å². The zero-order chi connectivity index (χ0) is 5.98. The average Bonchev–Trinajstić information content (AvgIpc) is 1.77. The van der Waals surface area contributed by atoms with Crippen molar-refractivity contribution in [2.24, 2.45) is 0 Å². The molecule has 0 saturated heterocycles. The number of nitrogens with zero attached hydrogens (tertiary/aromatic N) is 1. The zero-order valence-electron chi connectivity index (χ0n) is 5.12. The third-order valence-corrected chi connectivity index (χ3v) is 1.09. The molecule has 1 aliphatic rings. The van der Waals surface area contributed by atoms with E-state index in [9.17, 15) is 4.39 Å². The quantitative estimate of drug-likeness (QED) is 0.462. The lowest BCUT2D eigenvalue weighted by molar-refractivity contribution is 0.207. The predicted molar refractivity (Wildman–Crippen MR) is 46.4 cm³/mol. The normalized spacial score (nSPS) is 23.8. The molecule has 0 fully saturated rings. The molecular formula is C6H9FIN. The highest BCUT2D eigenvalue weighted by Gasteiger charge is 2.04. The van der Waals surface area contributed by atoms with Crippen molar-refractivity contribution in [1.29, 1.82) is 0 Å². The SMILES string of the molecule is CN1C=CC=CC1F.I. The molecule has 0 saturated carbocycles. The Kier molecular flexibility index (Phi) is 3.84. The number of allylic oxidation sites excluding steroid dienone is 2. The summed E-state index contributed by atoms with van der Waals surface area (Å²) in [6.07, 6.45) is 5.77. The fraction of sp³-hybridized carbons (Fsp3) is 0.333. The van der Waals surface area contributed by atoms with Gasteiger partial charge in [0, 0.05) is 13.2 Å². The maximum atomic E-state index is 12.4. The van der Waals surface area contributed by atoms with Crippen LogP contribution in [0.4, 0.5) is 4.39 Å². The van der Waals surface area contributed by atoms with Gasteiger partial charge in [0.05, 0.1) is 0 Å². The number of likely N-dealkylation sites (N-methyl/N-ethyl adjacent to an activating group) is 1. The highest BCUT2D eigenvalue weighted by atomic mass is 127. The lowest BCUT2D eigenvalue weighted by Gasteiger charge is -2.17. The Morgan fingerprint density at radius 1 is 1.44 bits per heavy atom. The van der Waals surface area contributed by atoms with Crippen LogP contribution in [0, 0.1) is 0 Å². The molecule has 0 bridgehead atoms. The second-order valence-corrected chi connectivity index (χ2v) is 1.76. The number of alkyl halides is 1. The highest BCUT2D eigenvalue weighted by Crippen LogP contribution is 2.04. The van der Waals surface area contributed by atoms with Crippen LogP contribution in [0.5, 0.6) is 0 Å². The topological polar surface area (TPSA) is 3.24 Å². The van der Waals surface area contributed by atoms with Crippen molar-refractivity contribution in [3.63, 3.8) is 0 Å². The molecule has 0 aromatic carbocycles. The smallest absolute Gasteiger partial charge is 0.191 e. The average molecular weight is 241 g/mol. The van der Waals surface area contributed by atoms with Crippen LogP contribution in [-0.2, 0) is 0 Å². The van der Waals surface area contributed by atoms with Crippen LogP contribution in [0.25, 0.3) is 0 Å². The van der Waals surface area contributed by atoms with Crippen LogP contribution in [-0.4, -0.2) is 18.2 Å². The van der Waals surface area contributed by atoms with Crippen LogP contribution >= 0.6 is 24.0 Å². The van der Waals surface area contributed by atoms with Gasteiger partial charge in [0.15, 0.2) is 6.30 Å². The minimum Gasteiger partial charge on any atom is -0.348 e. The molecule has 0 amide bonds. The van der Waals surface area contributed by atoms with E-state index in [1.807, 2.05) is 0 Å². The van der Waals surface area contributed by atoms with Crippen molar-refractivity contribution >= 4 is 24.0 Å². The lowest BCUT2D eigenvalue weighted by atomic mass is 10.3. The summed E-state index contributed by atoms with van der Waals surface area (Å²) in [4.78, 5) is 1.50. The monoisotopic (exact) mass is 241 g/mol. The van der Waals surface area contributed by atoms with Crippen LogP contribution < -0.4 is 0 Å². The Morgan fingerprint density at radius 3 is 2.44 bits per heavy atom. The van der Waals surface area contributed by atoms with Gasteiger partial charge in [-0.2, -0.15) is 0 Å². The minimum atomic E-state index is -0.931. The van der Waals surface area contributed by atoms with E-state index in [1.165, 1.54) is 11.0 Å². The third-order valence-electron chi connectivity index (χ3n) is 1.09. The van der Waals surface area contributed by atoms with Crippen molar-refractivity contribution in [1.82, 2.24) is 4.90 Å². The second-order valence-electron chi connectivity index (χ2n) is 1.76. The molecule has 52 valence electrons. The van der Waals surface area contributed by atoms with E-state index in [4.69, 9.17) is 0 Å². The Morgan fingerprint density at radius 2 is 2.11 bits per heavy atom.